The van der Waals surface area contributed by atoms with Gasteiger partial charge in [-0.15, -0.1) is 0 Å². The van der Waals surface area contributed by atoms with Crippen molar-refractivity contribution >= 4 is 16.2 Å². The number of carboxylic acids is 1. The van der Waals surface area contributed by atoms with Crippen LogP contribution >= 0.6 is 0 Å². The number of hydrogen-bond acceptors (Lipinski definition) is 4. The van der Waals surface area contributed by atoms with Gasteiger partial charge in [0.25, 0.3) is 10.2 Å². The first kappa shape index (κ1) is 15.6. The molecule has 1 atom stereocenters. The molecule has 0 unspecified atom stereocenters. The molecule has 19 heavy (non-hydrogen) atoms. The Hall–Kier alpha value is -1.45. The summed E-state index contributed by atoms with van der Waals surface area (Å²) in [7, 11) is -2.45. The van der Waals surface area contributed by atoms with Gasteiger partial charge in [0.2, 0.25) is 0 Å². The lowest BCUT2D eigenvalue weighted by Gasteiger charge is -2.23. The molecule has 0 bridgehead atoms. The Bertz CT molecular complexity index is 512. The first-order valence-electron chi connectivity index (χ1n) is 5.69. The number of aromatic amines is 1. The van der Waals surface area contributed by atoms with E-state index in [9.17, 15) is 13.2 Å². The summed E-state index contributed by atoms with van der Waals surface area (Å²) in [6.07, 6.45) is 2.86. The van der Waals surface area contributed by atoms with Gasteiger partial charge in [0.15, 0.2) is 0 Å². The molecule has 0 aromatic carbocycles. The fourth-order valence-electron chi connectivity index (χ4n) is 1.34. The Morgan fingerprint density at radius 3 is 2.63 bits per heavy atom. The molecule has 0 fully saturated rings. The largest absolute Gasteiger partial charge is 0.480 e. The van der Waals surface area contributed by atoms with Crippen molar-refractivity contribution in [2.45, 2.75) is 32.4 Å². The second-order valence-electron chi connectivity index (χ2n) is 4.40. The van der Waals surface area contributed by atoms with Crippen LogP contribution in [-0.2, 0) is 21.4 Å². The van der Waals surface area contributed by atoms with Crippen molar-refractivity contribution in [2.24, 2.45) is 0 Å². The Balaban J connectivity index is 2.82. The summed E-state index contributed by atoms with van der Waals surface area (Å²) in [5.41, 5.74) is 0.544. The van der Waals surface area contributed by atoms with Gasteiger partial charge in [-0.2, -0.15) is 17.4 Å². The second kappa shape index (κ2) is 6.13. The Labute approximate surface area is 112 Å². The maximum atomic E-state index is 11.9. The van der Waals surface area contributed by atoms with Crippen molar-refractivity contribution in [1.82, 2.24) is 19.0 Å². The summed E-state index contributed by atoms with van der Waals surface area (Å²) in [6, 6.07) is -1.51. The first-order chi connectivity index (χ1) is 8.74. The average molecular weight is 290 g/mol. The number of carbonyl (C=O) groups is 1. The first-order valence-corrected chi connectivity index (χ1v) is 7.13. The van der Waals surface area contributed by atoms with Crippen LogP contribution in [0.5, 0.6) is 0 Å². The monoisotopic (exact) mass is 290 g/mol. The normalized spacial score (nSPS) is 13.9. The minimum Gasteiger partial charge on any atom is -0.480 e. The van der Waals surface area contributed by atoms with Gasteiger partial charge in [-0.25, -0.2) is 4.98 Å². The molecule has 9 heteroatoms. The zero-order valence-corrected chi connectivity index (χ0v) is 11.8. The molecule has 0 aliphatic heterocycles. The number of imidazole rings is 1. The van der Waals surface area contributed by atoms with Crippen LogP contribution in [0.25, 0.3) is 0 Å². The molecule has 0 aliphatic rings. The van der Waals surface area contributed by atoms with E-state index < -0.39 is 22.2 Å². The highest BCUT2D eigenvalue weighted by Crippen LogP contribution is 2.05. The number of aliphatic carboxylic acids is 1. The van der Waals surface area contributed by atoms with Gasteiger partial charge in [-0.1, -0.05) is 0 Å². The average Bonchev–Trinajstić information content (AvgIpc) is 2.79. The molecule has 0 saturated heterocycles. The molecular formula is C10H18N4O4S. The van der Waals surface area contributed by atoms with Crippen LogP contribution < -0.4 is 4.72 Å². The SMILES string of the molecule is CC(C)N(C)S(=O)(=O)N[C@H](Cc1cnc[nH]1)C(=O)O. The fourth-order valence-corrected chi connectivity index (χ4v) is 2.60. The molecule has 8 nitrogen and oxygen atoms in total. The van der Waals surface area contributed by atoms with E-state index in [0.29, 0.717) is 5.69 Å². The van der Waals surface area contributed by atoms with Crippen LogP contribution in [0.3, 0.4) is 0 Å². The molecule has 0 aliphatic carbocycles. The van der Waals surface area contributed by atoms with Gasteiger partial charge in [0.1, 0.15) is 6.04 Å². The second-order valence-corrected chi connectivity index (χ2v) is 6.17. The third-order valence-corrected chi connectivity index (χ3v) is 4.44. The number of hydrogen-bond donors (Lipinski definition) is 3. The lowest BCUT2D eigenvalue weighted by atomic mass is 10.2. The molecule has 1 aromatic rings. The zero-order chi connectivity index (χ0) is 14.6. The van der Waals surface area contributed by atoms with E-state index in [1.165, 1.54) is 19.6 Å². The zero-order valence-electron chi connectivity index (χ0n) is 11.0. The molecule has 0 saturated carbocycles. The fraction of sp³-hybridized carbons (Fsp3) is 0.600. The van der Waals surface area contributed by atoms with Crippen molar-refractivity contribution in [3.05, 3.63) is 18.2 Å². The Kier molecular flexibility index (Phi) is 5.04. The molecular weight excluding hydrogens is 272 g/mol. The molecule has 3 N–H and O–H groups in total. The quantitative estimate of drug-likeness (QED) is 0.631. The topological polar surface area (TPSA) is 115 Å². The number of rotatable bonds is 7. The van der Waals surface area contributed by atoms with Crippen LogP contribution in [0.2, 0.25) is 0 Å². The van der Waals surface area contributed by atoms with Gasteiger partial charge >= 0.3 is 5.97 Å². The minimum absolute atomic E-state index is 0.000495. The minimum atomic E-state index is -3.84. The standard InChI is InChI=1S/C10H18N4O4S/c1-7(2)14(3)19(17,18)13-9(10(15)16)4-8-5-11-6-12-8/h5-7,9,13H,4H2,1-3H3,(H,11,12)(H,15,16)/t9-/m1/s1. The highest BCUT2D eigenvalue weighted by molar-refractivity contribution is 7.87. The van der Waals surface area contributed by atoms with E-state index in [0.717, 1.165) is 4.31 Å². The van der Waals surface area contributed by atoms with E-state index in [4.69, 9.17) is 5.11 Å². The third-order valence-electron chi connectivity index (χ3n) is 2.67. The van der Waals surface area contributed by atoms with Gasteiger partial charge in [0.05, 0.1) is 6.33 Å². The summed E-state index contributed by atoms with van der Waals surface area (Å²) in [6.45, 7) is 3.40. The summed E-state index contributed by atoms with van der Waals surface area (Å²) in [5, 5.41) is 9.08. The highest BCUT2D eigenvalue weighted by Gasteiger charge is 2.28. The molecule has 1 aromatic heterocycles. The van der Waals surface area contributed by atoms with Gasteiger partial charge in [-0.05, 0) is 13.8 Å². The van der Waals surface area contributed by atoms with Crippen LogP contribution in [0, 0.1) is 0 Å². The number of carboxylic acid groups (broad SMARTS) is 1. The van der Waals surface area contributed by atoms with Crippen molar-refractivity contribution in [2.75, 3.05) is 7.05 Å². The predicted molar refractivity (Wildman–Crippen MR) is 68.7 cm³/mol. The van der Waals surface area contributed by atoms with E-state index in [1.54, 1.807) is 13.8 Å². The molecule has 1 rings (SSSR count). The highest BCUT2D eigenvalue weighted by atomic mass is 32.2. The molecule has 0 radical (unpaired) electrons. The van der Waals surface area contributed by atoms with Crippen molar-refractivity contribution in [3.63, 3.8) is 0 Å². The summed E-state index contributed by atoms with van der Waals surface area (Å²) in [5.74, 6) is -1.24. The van der Waals surface area contributed by atoms with Crippen molar-refractivity contribution < 1.29 is 18.3 Å². The van der Waals surface area contributed by atoms with Crippen molar-refractivity contribution in [3.8, 4) is 0 Å². The lowest BCUT2D eigenvalue weighted by Crippen LogP contribution is -2.49. The van der Waals surface area contributed by atoms with Crippen LogP contribution in [-0.4, -0.2) is 52.9 Å². The van der Waals surface area contributed by atoms with E-state index in [2.05, 4.69) is 14.7 Å². The van der Waals surface area contributed by atoms with E-state index in [1.807, 2.05) is 0 Å². The predicted octanol–water partition coefficient (Wildman–Crippen LogP) is -0.420. The maximum Gasteiger partial charge on any atom is 0.322 e. The van der Waals surface area contributed by atoms with E-state index in [-0.39, 0.29) is 12.5 Å². The molecule has 108 valence electrons. The molecule has 1 heterocycles. The Morgan fingerprint density at radius 2 is 2.21 bits per heavy atom. The Morgan fingerprint density at radius 1 is 1.58 bits per heavy atom. The van der Waals surface area contributed by atoms with Crippen LogP contribution in [0.4, 0.5) is 0 Å². The lowest BCUT2D eigenvalue weighted by molar-refractivity contribution is -0.139. The van der Waals surface area contributed by atoms with Crippen LogP contribution in [0.1, 0.15) is 19.5 Å². The van der Waals surface area contributed by atoms with Crippen molar-refractivity contribution in [1.29, 1.82) is 0 Å². The number of nitrogens with one attached hydrogen (secondary N) is 2. The summed E-state index contributed by atoms with van der Waals surface area (Å²) < 4.78 is 27.1. The summed E-state index contributed by atoms with van der Waals surface area (Å²) in [4.78, 5) is 17.6. The third kappa shape index (κ3) is 4.30. The molecule has 0 amide bonds. The smallest absolute Gasteiger partial charge is 0.322 e. The molecule has 0 spiro atoms. The van der Waals surface area contributed by atoms with Gasteiger partial charge in [-0.3, -0.25) is 4.79 Å². The van der Waals surface area contributed by atoms with Gasteiger partial charge < -0.3 is 10.1 Å². The number of H-pyrrole nitrogens is 1. The number of nitrogens with zero attached hydrogens (tertiary/aromatic N) is 2. The number of aromatic nitrogens is 2. The van der Waals surface area contributed by atoms with Gasteiger partial charge in [0, 0.05) is 31.4 Å². The summed E-state index contributed by atoms with van der Waals surface area (Å²) >= 11 is 0. The van der Waals surface area contributed by atoms with Crippen LogP contribution in [0.15, 0.2) is 12.5 Å². The maximum absolute atomic E-state index is 11.9. The van der Waals surface area contributed by atoms with E-state index >= 15 is 0 Å².